The van der Waals surface area contributed by atoms with Crippen LogP contribution in [0.2, 0.25) is 0 Å². The molecule has 0 aliphatic heterocycles. The highest BCUT2D eigenvalue weighted by molar-refractivity contribution is 5.71. The van der Waals surface area contributed by atoms with Gasteiger partial charge in [-0.1, -0.05) is 269 Å². The van der Waals surface area contributed by atoms with Crippen LogP contribution in [-0.2, 0) is 28.6 Å². The lowest BCUT2D eigenvalue weighted by Crippen LogP contribution is -2.30. The van der Waals surface area contributed by atoms with Crippen LogP contribution in [0, 0.1) is 0 Å². The molecule has 0 spiro atoms. The first-order chi connectivity index (χ1) is 39.5. The Bertz CT molecular complexity index is 1750. The summed E-state index contributed by atoms with van der Waals surface area (Å²) in [5.74, 6) is -0.958. The molecule has 6 heteroatoms. The fourth-order valence-electron chi connectivity index (χ4n) is 8.70. The summed E-state index contributed by atoms with van der Waals surface area (Å²) < 4.78 is 16.9. The third kappa shape index (κ3) is 64.1. The van der Waals surface area contributed by atoms with Crippen LogP contribution >= 0.6 is 0 Å². The molecule has 0 saturated heterocycles. The van der Waals surface area contributed by atoms with Crippen LogP contribution in [0.5, 0.6) is 0 Å². The number of carbonyl (C=O) groups excluding carboxylic acids is 3. The van der Waals surface area contributed by atoms with Crippen molar-refractivity contribution >= 4 is 17.9 Å². The molecule has 0 radical (unpaired) electrons. The maximum Gasteiger partial charge on any atom is 0.306 e. The Labute approximate surface area is 493 Å². The van der Waals surface area contributed by atoms with Crippen LogP contribution in [0.3, 0.4) is 0 Å². The van der Waals surface area contributed by atoms with Gasteiger partial charge in [-0.2, -0.15) is 0 Å². The van der Waals surface area contributed by atoms with Crippen molar-refractivity contribution in [2.75, 3.05) is 13.2 Å². The average molecular weight is 1110 g/mol. The zero-order valence-corrected chi connectivity index (χ0v) is 51.8. The highest BCUT2D eigenvalue weighted by Crippen LogP contribution is 2.15. The van der Waals surface area contributed by atoms with E-state index in [1.807, 2.05) is 0 Å². The first-order valence-electron chi connectivity index (χ1n) is 32.8. The molecule has 0 bridgehead atoms. The molecule has 0 heterocycles. The molecule has 0 aromatic carbocycles. The molecule has 1 unspecified atom stereocenters. The van der Waals surface area contributed by atoms with Crippen molar-refractivity contribution < 1.29 is 28.6 Å². The van der Waals surface area contributed by atoms with Gasteiger partial charge in [-0.15, -0.1) is 0 Å². The van der Waals surface area contributed by atoms with Gasteiger partial charge >= 0.3 is 17.9 Å². The number of esters is 3. The normalized spacial score (nSPS) is 13.1. The molecule has 1 atom stereocenters. The summed E-state index contributed by atoms with van der Waals surface area (Å²) in [4.78, 5) is 38.3. The van der Waals surface area contributed by atoms with Crippen molar-refractivity contribution in [1.29, 1.82) is 0 Å². The minimum atomic E-state index is -0.813. The van der Waals surface area contributed by atoms with Crippen molar-refractivity contribution in [3.8, 4) is 0 Å². The SMILES string of the molecule is CC/C=C\C/C=C\C/C=C\C/C=C\C/C=C\C/C=C\CCCCC(=O)OC(COC(=O)CCCCCCC/C=C\CCCCCCC)COC(=O)CCCCCCCCCCCCC/C=C\C/C=C\C/C=C\C/C=C\C/C=C\CC. The van der Waals surface area contributed by atoms with Crippen molar-refractivity contribution in [2.24, 2.45) is 0 Å². The second-order valence-electron chi connectivity index (χ2n) is 21.3. The Morgan fingerprint density at radius 1 is 0.263 bits per heavy atom. The van der Waals surface area contributed by atoms with E-state index in [0.717, 1.165) is 135 Å². The van der Waals surface area contributed by atoms with Gasteiger partial charge in [0.2, 0.25) is 0 Å². The van der Waals surface area contributed by atoms with E-state index in [2.05, 4.69) is 167 Å². The van der Waals surface area contributed by atoms with Crippen molar-refractivity contribution in [1.82, 2.24) is 0 Å². The van der Waals surface area contributed by atoms with Crippen LogP contribution in [0.4, 0.5) is 0 Å². The number of allylic oxidation sites excluding steroid dienone is 24. The van der Waals surface area contributed by atoms with E-state index in [1.54, 1.807) is 0 Å². The quantitative estimate of drug-likeness (QED) is 0.0261. The summed E-state index contributed by atoms with van der Waals surface area (Å²) >= 11 is 0. The van der Waals surface area contributed by atoms with Crippen LogP contribution in [-0.4, -0.2) is 37.2 Å². The number of hydrogen-bond donors (Lipinski definition) is 0. The zero-order valence-electron chi connectivity index (χ0n) is 51.8. The Balaban J connectivity index is 4.42. The van der Waals surface area contributed by atoms with Gasteiger partial charge < -0.3 is 14.2 Å². The molecule has 0 aliphatic rings. The fraction of sp³-hybridized carbons (Fsp3) is 0.635. The molecule has 0 aromatic rings. The second kappa shape index (κ2) is 66.8. The summed E-state index contributed by atoms with van der Waals surface area (Å²) in [7, 11) is 0. The smallest absolute Gasteiger partial charge is 0.306 e. The molecule has 0 fully saturated rings. The molecule has 6 nitrogen and oxygen atoms in total. The third-order valence-corrected chi connectivity index (χ3v) is 13.6. The molecule has 0 N–H and O–H groups in total. The predicted octanol–water partition coefficient (Wildman–Crippen LogP) is 22.7. The molecule has 80 heavy (non-hydrogen) atoms. The summed E-state index contributed by atoms with van der Waals surface area (Å²) in [5.41, 5.74) is 0. The Morgan fingerprint density at radius 2 is 0.487 bits per heavy atom. The molecule has 452 valence electrons. The van der Waals surface area contributed by atoms with E-state index in [-0.39, 0.29) is 37.5 Å². The predicted molar refractivity (Wildman–Crippen MR) is 348 cm³/mol. The monoisotopic (exact) mass is 1100 g/mol. The molecule has 0 rings (SSSR count). The van der Waals surface area contributed by atoms with Gasteiger partial charge in [0, 0.05) is 19.3 Å². The first kappa shape index (κ1) is 75.3. The molecule has 0 aliphatic carbocycles. The van der Waals surface area contributed by atoms with Crippen molar-refractivity contribution in [3.63, 3.8) is 0 Å². The number of rotatable bonds is 58. The second-order valence-corrected chi connectivity index (χ2v) is 21.3. The lowest BCUT2D eigenvalue weighted by Gasteiger charge is -2.18. The number of hydrogen-bond acceptors (Lipinski definition) is 6. The zero-order chi connectivity index (χ0) is 57.8. The Morgan fingerprint density at radius 3 is 0.800 bits per heavy atom. The van der Waals surface area contributed by atoms with Crippen LogP contribution in [0.25, 0.3) is 0 Å². The van der Waals surface area contributed by atoms with Crippen molar-refractivity contribution in [3.05, 3.63) is 146 Å². The highest BCUT2D eigenvalue weighted by Gasteiger charge is 2.19. The van der Waals surface area contributed by atoms with Crippen LogP contribution in [0.1, 0.15) is 284 Å². The molecule has 0 aromatic heterocycles. The minimum Gasteiger partial charge on any atom is -0.462 e. The van der Waals surface area contributed by atoms with Crippen LogP contribution in [0.15, 0.2) is 146 Å². The number of ether oxygens (including phenoxy) is 3. The number of unbranched alkanes of at least 4 members (excludes halogenated alkanes) is 23. The van der Waals surface area contributed by atoms with E-state index in [9.17, 15) is 14.4 Å². The fourth-order valence-corrected chi connectivity index (χ4v) is 8.70. The maximum atomic E-state index is 12.9. The molecular formula is C74H120O6. The first-order valence-corrected chi connectivity index (χ1v) is 32.8. The van der Waals surface area contributed by atoms with Gasteiger partial charge in [-0.25, -0.2) is 0 Å². The van der Waals surface area contributed by atoms with Gasteiger partial charge in [0.15, 0.2) is 6.10 Å². The van der Waals surface area contributed by atoms with Gasteiger partial charge in [-0.3, -0.25) is 14.4 Å². The van der Waals surface area contributed by atoms with Gasteiger partial charge in [0.05, 0.1) is 0 Å². The molecule has 0 saturated carbocycles. The van der Waals surface area contributed by atoms with Crippen LogP contribution < -0.4 is 0 Å². The molecule has 0 amide bonds. The lowest BCUT2D eigenvalue weighted by molar-refractivity contribution is -0.167. The summed E-state index contributed by atoms with van der Waals surface area (Å²) in [6.45, 7) is 6.37. The largest absolute Gasteiger partial charge is 0.462 e. The van der Waals surface area contributed by atoms with Gasteiger partial charge in [0.25, 0.3) is 0 Å². The van der Waals surface area contributed by atoms with E-state index in [4.69, 9.17) is 14.2 Å². The van der Waals surface area contributed by atoms with E-state index in [1.165, 1.54) is 103 Å². The topological polar surface area (TPSA) is 78.9 Å². The Hall–Kier alpha value is -4.71. The van der Waals surface area contributed by atoms with E-state index >= 15 is 0 Å². The van der Waals surface area contributed by atoms with E-state index in [0.29, 0.717) is 19.3 Å². The minimum absolute atomic E-state index is 0.104. The van der Waals surface area contributed by atoms with E-state index < -0.39 is 6.10 Å². The molecular weight excluding hydrogens is 985 g/mol. The lowest BCUT2D eigenvalue weighted by atomic mass is 10.0. The standard InChI is InChI=1S/C74H120O6/c1-4-7-10-13-16-19-22-25-28-30-32-34-35-36-37-38-39-41-42-44-46-49-52-55-58-61-64-67-73(76)79-70-71(69-78-72(75)66-63-60-57-54-51-48-27-24-21-18-15-12-9-6-3)80-74(77)68-65-62-59-56-53-50-47-45-43-40-33-31-29-26-23-20-17-14-11-8-5-2/h7-8,10-11,16-17,19-20,24-29,32-34,36-37,40,45,47,53,56,71H,4-6,9,12-15,18,21-23,30-31,35,38-39,41-44,46,48-52,54-55,57-70H2,1-3H3/b10-7-,11-8-,19-16-,20-17-,27-24-,28-25-,29-26-,34-32-,37-36-,40-33-,47-45-,56-53-. The van der Waals surface area contributed by atoms with Crippen molar-refractivity contribution in [2.45, 2.75) is 290 Å². The maximum absolute atomic E-state index is 12.9. The summed E-state index contributed by atoms with van der Waals surface area (Å²) in [5, 5.41) is 0. The van der Waals surface area contributed by atoms with Gasteiger partial charge in [0.1, 0.15) is 13.2 Å². The Kier molecular flexibility index (Phi) is 62.9. The highest BCUT2D eigenvalue weighted by atomic mass is 16.6. The van der Waals surface area contributed by atoms with Gasteiger partial charge in [-0.05, 0) is 141 Å². The average Bonchev–Trinajstić information content (AvgIpc) is 3.46. The summed E-state index contributed by atoms with van der Waals surface area (Å²) in [6.07, 6.45) is 95.7. The number of carbonyl (C=O) groups is 3. The summed E-state index contributed by atoms with van der Waals surface area (Å²) in [6, 6.07) is 0. The third-order valence-electron chi connectivity index (χ3n) is 13.6.